The summed E-state index contributed by atoms with van der Waals surface area (Å²) in [4.78, 5) is 38.7. The molecule has 1 aliphatic rings. The Labute approximate surface area is 166 Å². The number of pyridine rings is 1. The molecule has 4 atom stereocenters. The van der Waals surface area contributed by atoms with Crippen molar-refractivity contribution < 1.29 is 33.3 Å². The molecule has 2 heterocycles. The molecule has 150 valence electrons. The fraction of sp³-hybridized carbons (Fsp3) is 0.500. The van der Waals surface area contributed by atoms with Gasteiger partial charge in [0, 0.05) is 26.5 Å². The van der Waals surface area contributed by atoms with Gasteiger partial charge in [0.05, 0.1) is 5.69 Å². The number of aryl methyl sites for hydroxylation is 1. The first-order valence-electron chi connectivity index (χ1n) is 8.39. The molecule has 1 aromatic rings. The number of hydrogen-bond acceptors (Lipinski definition) is 10. The van der Waals surface area contributed by atoms with E-state index in [4.69, 9.17) is 24.2 Å². The number of nitriles is 1. The van der Waals surface area contributed by atoms with Crippen molar-refractivity contribution >= 4 is 29.7 Å². The molecule has 0 N–H and O–H groups in total. The molecule has 0 spiro atoms. The van der Waals surface area contributed by atoms with Gasteiger partial charge in [-0.15, -0.1) is 11.8 Å². The standard InChI is InChI=1S/C18H20N2O7S/c1-9-14(6-5-13(7-19)20-9)27-18-17(26-12(4)23)16(25-11(3)22)15(8-28-18)24-10(2)21/h5-6,15-18H,8H2,1-4H3/t15-,16+,17-,18+/m1/s1. The van der Waals surface area contributed by atoms with Crippen molar-refractivity contribution in [2.24, 2.45) is 0 Å². The number of hydrogen-bond donors (Lipinski definition) is 0. The lowest BCUT2D eigenvalue weighted by Crippen LogP contribution is -2.55. The number of esters is 3. The summed E-state index contributed by atoms with van der Waals surface area (Å²) >= 11 is 1.25. The van der Waals surface area contributed by atoms with Crippen molar-refractivity contribution in [3.8, 4) is 11.8 Å². The minimum absolute atomic E-state index is 0.241. The molecule has 1 aromatic heterocycles. The van der Waals surface area contributed by atoms with Crippen LogP contribution in [0.4, 0.5) is 0 Å². The molecule has 1 fully saturated rings. The maximum atomic E-state index is 11.6. The minimum Gasteiger partial charge on any atom is -0.474 e. The third kappa shape index (κ3) is 5.60. The van der Waals surface area contributed by atoms with E-state index in [0.717, 1.165) is 0 Å². The van der Waals surface area contributed by atoms with E-state index in [2.05, 4.69) is 4.98 Å². The molecule has 9 nitrogen and oxygen atoms in total. The van der Waals surface area contributed by atoms with Crippen LogP contribution in [0.5, 0.6) is 5.75 Å². The number of ether oxygens (including phenoxy) is 4. The van der Waals surface area contributed by atoms with Crippen LogP contribution in [-0.4, -0.2) is 52.4 Å². The van der Waals surface area contributed by atoms with Crippen molar-refractivity contribution in [1.29, 1.82) is 5.26 Å². The fourth-order valence-corrected chi connectivity index (χ4v) is 3.88. The van der Waals surface area contributed by atoms with Crippen molar-refractivity contribution in [2.45, 2.75) is 51.4 Å². The predicted octanol–water partition coefficient (Wildman–Crippen LogP) is 1.51. The van der Waals surface area contributed by atoms with E-state index >= 15 is 0 Å². The first-order valence-corrected chi connectivity index (χ1v) is 9.43. The van der Waals surface area contributed by atoms with E-state index in [0.29, 0.717) is 11.4 Å². The van der Waals surface area contributed by atoms with E-state index in [1.165, 1.54) is 38.6 Å². The van der Waals surface area contributed by atoms with Crippen LogP contribution in [0.2, 0.25) is 0 Å². The fourth-order valence-electron chi connectivity index (χ4n) is 2.67. The normalized spacial score (nSPS) is 23.8. The Bertz CT molecular complexity index is 808. The number of rotatable bonds is 5. The molecule has 0 aliphatic carbocycles. The highest BCUT2D eigenvalue weighted by molar-refractivity contribution is 7.99. The molecular formula is C18H20N2O7S. The van der Waals surface area contributed by atoms with Gasteiger partial charge >= 0.3 is 17.9 Å². The van der Waals surface area contributed by atoms with Crippen LogP contribution in [0.1, 0.15) is 32.2 Å². The summed E-state index contributed by atoms with van der Waals surface area (Å²) in [7, 11) is 0. The SMILES string of the molecule is CC(=O)O[C@@H]1[C@@H](OC(C)=O)[C@@H](Oc2ccc(C#N)nc2C)SC[C@H]1OC(C)=O. The van der Waals surface area contributed by atoms with Crippen LogP contribution in [0.3, 0.4) is 0 Å². The Morgan fingerprint density at radius 2 is 1.68 bits per heavy atom. The van der Waals surface area contributed by atoms with Crippen molar-refractivity contribution in [2.75, 3.05) is 5.75 Å². The van der Waals surface area contributed by atoms with Crippen LogP contribution >= 0.6 is 11.8 Å². The lowest BCUT2D eigenvalue weighted by molar-refractivity contribution is -0.186. The Morgan fingerprint density at radius 3 is 2.21 bits per heavy atom. The van der Waals surface area contributed by atoms with Gasteiger partial charge in [0.1, 0.15) is 17.5 Å². The first-order chi connectivity index (χ1) is 13.2. The van der Waals surface area contributed by atoms with Crippen molar-refractivity contribution in [3.05, 3.63) is 23.5 Å². The third-order valence-corrected chi connectivity index (χ3v) is 4.91. The van der Waals surface area contributed by atoms with Gasteiger partial charge in [-0.25, -0.2) is 4.98 Å². The second kappa shape index (κ2) is 9.41. The second-order valence-electron chi connectivity index (χ2n) is 6.01. The van der Waals surface area contributed by atoms with Crippen LogP contribution in [0, 0.1) is 18.3 Å². The van der Waals surface area contributed by atoms with Gasteiger partial charge in [-0.3, -0.25) is 14.4 Å². The van der Waals surface area contributed by atoms with E-state index in [9.17, 15) is 14.4 Å². The van der Waals surface area contributed by atoms with Gasteiger partial charge in [0.25, 0.3) is 0 Å². The summed E-state index contributed by atoms with van der Waals surface area (Å²) in [6.07, 6.45) is -2.83. The Hall–Kier alpha value is -2.80. The highest BCUT2D eigenvalue weighted by atomic mass is 32.2. The zero-order valence-corrected chi connectivity index (χ0v) is 16.6. The van der Waals surface area contributed by atoms with Gasteiger partial charge in [0.15, 0.2) is 23.7 Å². The van der Waals surface area contributed by atoms with E-state index < -0.39 is 41.7 Å². The summed E-state index contributed by atoms with van der Waals surface area (Å²) < 4.78 is 21.9. The summed E-state index contributed by atoms with van der Waals surface area (Å²) in [5.41, 5.74) is -0.0220. The van der Waals surface area contributed by atoms with Crippen LogP contribution in [-0.2, 0) is 28.6 Å². The largest absolute Gasteiger partial charge is 0.474 e. The second-order valence-corrected chi connectivity index (χ2v) is 7.14. The molecular weight excluding hydrogens is 388 g/mol. The lowest BCUT2D eigenvalue weighted by Gasteiger charge is -2.40. The van der Waals surface area contributed by atoms with Crippen molar-refractivity contribution in [3.63, 3.8) is 0 Å². The Balaban J connectivity index is 2.31. The molecule has 0 amide bonds. The lowest BCUT2D eigenvalue weighted by atomic mass is 10.1. The smallest absolute Gasteiger partial charge is 0.303 e. The summed E-state index contributed by atoms with van der Waals surface area (Å²) in [5.74, 6) is -1.10. The topological polar surface area (TPSA) is 125 Å². The predicted molar refractivity (Wildman–Crippen MR) is 97.2 cm³/mol. The van der Waals surface area contributed by atoms with Gasteiger partial charge in [-0.2, -0.15) is 5.26 Å². The highest BCUT2D eigenvalue weighted by Gasteiger charge is 2.47. The number of aromatic nitrogens is 1. The minimum atomic E-state index is -1.02. The van der Waals surface area contributed by atoms with Crippen LogP contribution in [0.25, 0.3) is 0 Å². The van der Waals surface area contributed by atoms with Gasteiger partial charge in [-0.05, 0) is 19.1 Å². The Morgan fingerprint density at radius 1 is 1.07 bits per heavy atom. The van der Waals surface area contributed by atoms with E-state index in [1.54, 1.807) is 13.0 Å². The van der Waals surface area contributed by atoms with Gasteiger partial charge in [-0.1, -0.05) is 0 Å². The molecule has 0 bridgehead atoms. The molecule has 0 unspecified atom stereocenters. The maximum absolute atomic E-state index is 11.6. The summed E-state index contributed by atoms with van der Waals surface area (Å²) in [5, 5.41) is 8.93. The number of carbonyl (C=O) groups excluding carboxylic acids is 3. The quantitative estimate of drug-likeness (QED) is 0.523. The molecule has 2 rings (SSSR count). The molecule has 10 heteroatoms. The molecule has 0 aromatic carbocycles. The summed E-state index contributed by atoms with van der Waals surface area (Å²) in [6.45, 7) is 5.35. The average molecular weight is 408 g/mol. The van der Waals surface area contributed by atoms with Crippen molar-refractivity contribution in [1.82, 2.24) is 4.98 Å². The molecule has 1 aliphatic heterocycles. The monoisotopic (exact) mass is 408 g/mol. The molecule has 28 heavy (non-hydrogen) atoms. The first kappa shape index (κ1) is 21.5. The van der Waals surface area contributed by atoms with Crippen LogP contribution < -0.4 is 4.74 Å². The maximum Gasteiger partial charge on any atom is 0.303 e. The number of nitrogens with zero attached hydrogens (tertiary/aromatic N) is 2. The highest BCUT2D eigenvalue weighted by Crippen LogP contribution is 2.34. The number of carbonyl (C=O) groups is 3. The van der Waals surface area contributed by atoms with Crippen LogP contribution in [0.15, 0.2) is 12.1 Å². The molecule has 1 saturated heterocycles. The molecule has 0 saturated carbocycles. The molecule has 0 radical (unpaired) electrons. The van der Waals surface area contributed by atoms with Gasteiger partial charge < -0.3 is 18.9 Å². The Kier molecular flexibility index (Phi) is 7.23. The van der Waals surface area contributed by atoms with Gasteiger partial charge in [0.2, 0.25) is 0 Å². The number of thioether (sulfide) groups is 1. The zero-order chi connectivity index (χ0) is 20.8. The van der Waals surface area contributed by atoms with E-state index in [1.807, 2.05) is 6.07 Å². The summed E-state index contributed by atoms with van der Waals surface area (Å²) in [6, 6.07) is 5.03. The average Bonchev–Trinajstić information content (AvgIpc) is 2.60. The van der Waals surface area contributed by atoms with E-state index in [-0.39, 0.29) is 11.4 Å². The third-order valence-electron chi connectivity index (χ3n) is 3.70. The zero-order valence-electron chi connectivity index (χ0n) is 15.8.